The third-order valence-corrected chi connectivity index (χ3v) is 3.66. The molecule has 0 fully saturated rings. The predicted octanol–water partition coefficient (Wildman–Crippen LogP) is 2.97. The summed E-state index contributed by atoms with van der Waals surface area (Å²) in [7, 11) is 2.10. The molecule has 1 nitrogen and oxygen atoms in total. The van der Waals surface area contributed by atoms with Crippen molar-refractivity contribution in [2.75, 3.05) is 19.5 Å². The van der Waals surface area contributed by atoms with Crippen molar-refractivity contribution in [3.63, 3.8) is 0 Å². The average Bonchev–Trinajstić information content (AvgIpc) is 2.24. The van der Waals surface area contributed by atoms with E-state index in [0.29, 0.717) is 0 Å². The second-order valence-electron chi connectivity index (χ2n) is 4.26. The highest BCUT2D eigenvalue weighted by Gasteiger charge is 2.04. The molecular formula is C13H21NS. The van der Waals surface area contributed by atoms with Crippen LogP contribution in [0, 0.1) is 20.8 Å². The summed E-state index contributed by atoms with van der Waals surface area (Å²) >= 11 is 4.25. The van der Waals surface area contributed by atoms with Crippen LogP contribution in [0.1, 0.15) is 22.3 Å². The lowest BCUT2D eigenvalue weighted by atomic mass is 9.97. The van der Waals surface area contributed by atoms with E-state index in [0.717, 1.165) is 18.8 Å². The van der Waals surface area contributed by atoms with Gasteiger partial charge in [0.2, 0.25) is 0 Å². The third kappa shape index (κ3) is 3.25. The Bertz CT molecular complexity index is 334. The van der Waals surface area contributed by atoms with Crippen molar-refractivity contribution in [3.05, 3.63) is 34.4 Å². The Kier molecular flexibility index (Phi) is 4.68. The van der Waals surface area contributed by atoms with E-state index in [-0.39, 0.29) is 0 Å². The van der Waals surface area contributed by atoms with Gasteiger partial charge in [-0.3, -0.25) is 4.90 Å². The molecule has 15 heavy (non-hydrogen) atoms. The Morgan fingerprint density at radius 1 is 1.13 bits per heavy atom. The molecule has 0 bridgehead atoms. The van der Waals surface area contributed by atoms with Gasteiger partial charge in [0, 0.05) is 12.4 Å². The van der Waals surface area contributed by atoms with Gasteiger partial charge in [-0.15, -0.1) is 0 Å². The Morgan fingerprint density at radius 2 is 1.80 bits per heavy atom. The van der Waals surface area contributed by atoms with Crippen molar-refractivity contribution in [2.45, 2.75) is 27.2 Å². The molecule has 0 heterocycles. The first kappa shape index (κ1) is 12.6. The number of hydrogen-bond donors (Lipinski definition) is 1. The van der Waals surface area contributed by atoms with Gasteiger partial charge >= 0.3 is 0 Å². The topological polar surface area (TPSA) is 3.24 Å². The van der Waals surface area contributed by atoms with Crippen LogP contribution >= 0.6 is 12.6 Å². The first-order valence-electron chi connectivity index (χ1n) is 5.41. The molecule has 2 heteroatoms. The lowest BCUT2D eigenvalue weighted by molar-refractivity contribution is 0.398. The Morgan fingerprint density at radius 3 is 2.40 bits per heavy atom. The van der Waals surface area contributed by atoms with E-state index in [4.69, 9.17) is 0 Å². The minimum absolute atomic E-state index is 0.823. The largest absolute Gasteiger partial charge is 0.297 e. The van der Waals surface area contributed by atoms with Crippen LogP contribution in [0.5, 0.6) is 0 Å². The van der Waals surface area contributed by atoms with E-state index in [1.807, 2.05) is 0 Å². The average molecular weight is 223 g/mol. The van der Waals surface area contributed by atoms with E-state index in [9.17, 15) is 0 Å². The van der Waals surface area contributed by atoms with Crippen molar-refractivity contribution in [2.24, 2.45) is 0 Å². The van der Waals surface area contributed by atoms with Crippen molar-refractivity contribution >= 4 is 12.6 Å². The number of thiol groups is 1. The van der Waals surface area contributed by atoms with Crippen molar-refractivity contribution in [1.29, 1.82) is 0 Å². The van der Waals surface area contributed by atoms with Crippen LogP contribution in [0.2, 0.25) is 0 Å². The molecule has 0 aliphatic carbocycles. The van der Waals surface area contributed by atoms with Crippen LogP contribution in [0.15, 0.2) is 12.1 Å². The molecule has 0 aliphatic rings. The molecule has 0 saturated heterocycles. The summed E-state index contributed by atoms with van der Waals surface area (Å²) in [6, 6.07) is 4.47. The number of hydrogen-bond acceptors (Lipinski definition) is 2. The van der Waals surface area contributed by atoms with Gasteiger partial charge in [-0.1, -0.05) is 12.1 Å². The highest BCUT2D eigenvalue weighted by Crippen LogP contribution is 2.17. The number of rotatable bonds is 4. The van der Waals surface area contributed by atoms with Gasteiger partial charge in [0.1, 0.15) is 0 Å². The normalized spacial score (nSPS) is 11.1. The summed E-state index contributed by atoms with van der Waals surface area (Å²) in [5.74, 6) is 0.823. The molecular weight excluding hydrogens is 202 g/mol. The van der Waals surface area contributed by atoms with Crippen LogP contribution in [0.4, 0.5) is 0 Å². The van der Waals surface area contributed by atoms with E-state index >= 15 is 0 Å². The maximum atomic E-state index is 4.25. The molecule has 0 spiro atoms. The first-order chi connectivity index (χ1) is 7.06. The zero-order valence-electron chi connectivity index (χ0n) is 10.2. The minimum Gasteiger partial charge on any atom is -0.297 e. The fourth-order valence-electron chi connectivity index (χ4n) is 1.67. The SMILES string of the molecule is Cc1ccc(CCN(C)CS)c(C)c1C. The number of benzene rings is 1. The zero-order valence-corrected chi connectivity index (χ0v) is 11.1. The number of nitrogens with zero attached hydrogens (tertiary/aromatic N) is 1. The summed E-state index contributed by atoms with van der Waals surface area (Å²) in [5, 5.41) is 0. The van der Waals surface area contributed by atoms with Gasteiger partial charge in [0.05, 0.1) is 0 Å². The fraction of sp³-hybridized carbons (Fsp3) is 0.538. The quantitative estimate of drug-likeness (QED) is 0.607. The zero-order chi connectivity index (χ0) is 11.4. The predicted molar refractivity (Wildman–Crippen MR) is 70.8 cm³/mol. The van der Waals surface area contributed by atoms with Gasteiger partial charge < -0.3 is 0 Å². The smallest absolute Gasteiger partial charge is 0.0411 e. The maximum Gasteiger partial charge on any atom is 0.0411 e. The molecule has 1 rings (SSSR count). The maximum absolute atomic E-state index is 4.25. The molecule has 1 aromatic carbocycles. The van der Waals surface area contributed by atoms with E-state index in [1.165, 1.54) is 22.3 Å². The number of likely N-dealkylation sites (N-methyl/N-ethyl adjacent to an activating group) is 1. The highest BCUT2D eigenvalue weighted by atomic mass is 32.1. The summed E-state index contributed by atoms with van der Waals surface area (Å²) in [6.45, 7) is 7.67. The molecule has 0 radical (unpaired) electrons. The van der Waals surface area contributed by atoms with Gasteiger partial charge in [-0.2, -0.15) is 12.6 Å². The van der Waals surface area contributed by atoms with Crippen molar-refractivity contribution < 1.29 is 0 Å². The summed E-state index contributed by atoms with van der Waals surface area (Å²) < 4.78 is 0. The Labute approximate surface area is 98.9 Å². The lowest BCUT2D eigenvalue weighted by Gasteiger charge is -2.15. The van der Waals surface area contributed by atoms with Crippen LogP contribution < -0.4 is 0 Å². The van der Waals surface area contributed by atoms with Crippen molar-refractivity contribution in [1.82, 2.24) is 4.90 Å². The molecule has 0 atom stereocenters. The Balaban J connectivity index is 2.74. The first-order valence-corrected chi connectivity index (χ1v) is 6.04. The Hall–Kier alpha value is -0.470. The fourth-order valence-corrected chi connectivity index (χ4v) is 1.81. The number of aryl methyl sites for hydroxylation is 1. The molecule has 1 aromatic rings. The summed E-state index contributed by atoms with van der Waals surface area (Å²) in [5.41, 5.74) is 5.73. The highest BCUT2D eigenvalue weighted by molar-refractivity contribution is 7.80. The van der Waals surface area contributed by atoms with E-state index in [1.54, 1.807) is 0 Å². The van der Waals surface area contributed by atoms with E-state index < -0.39 is 0 Å². The molecule has 0 amide bonds. The molecule has 0 aliphatic heterocycles. The van der Waals surface area contributed by atoms with E-state index in [2.05, 4.69) is 57.5 Å². The minimum atomic E-state index is 0.823. The van der Waals surface area contributed by atoms with Crippen LogP contribution in [0.25, 0.3) is 0 Å². The molecule has 84 valence electrons. The molecule has 0 aromatic heterocycles. The third-order valence-electron chi connectivity index (χ3n) is 3.17. The summed E-state index contributed by atoms with van der Waals surface area (Å²) in [6.07, 6.45) is 1.12. The van der Waals surface area contributed by atoms with Crippen LogP contribution in [-0.2, 0) is 6.42 Å². The molecule has 0 N–H and O–H groups in total. The monoisotopic (exact) mass is 223 g/mol. The molecule has 0 unspecified atom stereocenters. The molecule has 0 saturated carbocycles. The van der Waals surface area contributed by atoms with Gasteiger partial charge in [0.25, 0.3) is 0 Å². The standard InChI is InChI=1S/C13H21NS/c1-10-5-6-13(12(3)11(10)2)7-8-14(4)9-15/h5-6,15H,7-9H2,1-4H3. The second kappa shape index (κ2) is 5.57. The van der Waals surface area contributed by atoms with Gasteiger partial charge in [-0.05, 0) is 56.5 Å². The van der Waals surface area contributed by atoms with Gasteiger partial charge in [0.15, 0.2) is 0 Å². The van der Waals surface area contributed by atoms with Crippen molar-refractivity contribution in [3.8, 4) is 0 Å². The van der Waals surface area contributed by atoms with Crippen LogP contribution in [0.3, 0.4) is 0 Å². The van der Waals surface area contributed by atoms with Gasteiger partial charge in [-0.25, -0.2) is 0 Å². The van der Waals surface area contributed by atoms with Crippen LogP contribution in [-0.4, -0.2) is 24.4 Å². The second-order valence-corrected chi connectivity index (χ2v) is 4.55. The lowest BCUT2D eigenvalue weighted by Crippen LogP contribution is -2.19. The summed E-state index contributed by atoms with van der Waals surface area (Å²) in [4.78, 5) is 2.22.